The maximum absolute atomic E-state index is 11.3. The van der Waals surface area contributed by atoms with Gasteiger partial charge in [-0.2, -0.15) is 0 Å². The highest BCUT2D eigenvalue weighted by Gasteiger charge is 2.05. The van der Waals surface area contributed by atoms with Crippen LogP contribution >= 0.6 is 0 Å². The van der Waals surface area contributed by atoms with Crippen molar-refractivity contribution in [3.8, 4) is 0 Å². The van der Waals surface area contributed by atoms with Crippen molar-refractivity contribution in [3.05, 3.63) is 35.4 Å². The summed E-state index contributed by atoms with van der Waals surface area (Å²) in [5.41, 5.74) is 1.66. The molecular formula is C14H19O3. The van der Waals surface area contributed by atoms with Crippen LogP contribution in [0.1, 0.15) is 41.6 Å². The van der Waals surface area contributed by atoms with Gasteiger partial charge in [-0.15, -0.1) is 0 Å². The first-order valence-corrected chi connectivity index (χ1v) is 5.97. The molecule has 0 amide bonds. The van der Waals surface area contributed by atoms with Crippen molar-refractivity contribution in [3.63, 3.8) is 0 Å². The predicted molar refractivity (Wildman–Crippen MR) is 65.9 cm³/mol. The average Bonchev–Trinajstić information content (AvgIpc) is 2.38. The van der Waals surface area contributed by atoms with E-state index in [-0.39, 0.29) is 12.6 Å². The smallest absolute Gasteiger partial charge is 0.337 e. The van der Waals surface area contributed by atoms with Crippen molar-refractivity contribution in [1.29, 1.82) is 0 Å². The fourth-order valence-electron chi connectivity index (χ4n) is 1.70. The van der Waals surface area contributed by atoms with Gasteiger partial charge in [-0.25, -0.2) is 4.79 Å². The molecule has 93 valence electrons. The first kappa shape index (κ1) is 13.7. The summed E-state index contributed by atoms with van der Waals surface area (Å²) < 4.78 is 4.66. The van der Waals surface area contributed by atoms with Gasteiger partial charge in [-0.05, 0) is 43.0 Å². The maximum atomic E-state index is 11.3. The molecule has 1 aromatic rings. The molecule has 0 heterocycles. The lowest BCUT2D eigenvalue weighted by atomic mass is 10.0. The molecule has 1 radical (unpaired) electrons. The molecule has 0 aliphatic carbocycles. The van der Waals surface area contributed by atoms with E-state index in [1.807, 2.05) is 12.1 Å². The van der Waals surface area contributed by atoms with Gasteiger partial charge < -0.3 is 9.84 Å². The molecule has 0 unspecified atom stereocenters. The normalized spacial score (nSPS) is 10.2. The number of hydrogen-bond donors (Lipinski definition) is 1. The summed E-state index contributed by atoms with van der Waals surface area (Å²) in [6, 6.07) is 8.35. The Labute approximate surface area is 102 Å². The molecule has 3 heteroatoms. The van der Waals surface area contributed by atoms with Gasteiger partial charge in [0.15, 0.2) is 0 Å². The van der Waals surface area contributed by atoms with Crippen LogP contribution in [0.5, 0.6) is 0 Å². The Kier molecular flexibility index (Phi) is 6.33. The van der Waals surface area contributed by atoms with Gasteiger partial charge in [0, 0.05) is 6.61 Å². The SMILES string of the molecule is COC(=O)c1c[c]cc(CCCCCCO)c1. The largest absolute Gasteiger partial charge is 0.465 e. The summed E-state index contributed by atoms with van der Waals surface area (Å²) >= 11 is 0. The molecule has 0 spiro atoms. The highest BCUT2D eigenvalue weighted by atomic mass is 16.5. The minimum atomic E-state index is -0.316. The zero-order valence-corrected chi connectivity index (χ0v) is 10.2. The zero-order chi connectivity index (χ0) is 12.5. The van der Waals surface area contributed by atoms with Crippen LogP contribution in [0, 0.1) is 6.07 Å². The first-order chi connectivity index (χ1) is 8.27. The predicted octanol–water partition coefficient (Wildman–Crippen LogP) is 2.37. The van der Waals surface area contributed by atoms with Gasteiger partial charge >= 0.3 is 5.97 Å². The van der Waals surface area contributed by atoms with E-state index in [0.717, 1.165) is 37.7 Å². The summed E-state index contributed by atoms with van der Waals surface area (Å²) in [5.74, 6) is -0.316. The van der Waals surface area contributed by atoms with Crippen molar-refractivity contribution >= 4 is 5.97 Å². The summed E-state index contributed by atoms with van der Waals surface area (Å²) in [6.45, 7) is 0.269. The van der Waals surface area contributed by atoms with Crippen LogP contribution in [0.15, 0.2) is 18.2 Å². The number of esters is 1. The second-order valence-corrected chi connectivity index (χ2v) is 4.01. The van der Waals surface area contributed by atoms with E-state index < -0.39 is 0 Å². The number of rotatable bonds is 7. The van der Waals surface area contributed by atoms with Gasteiger partial charge in [0.05, 0.1) is 12.7 Å². The van der Waals surface area contributed by atoms with Crippen LogP contribution < -0.4 is 0 Å². The molecule has 1 N–H and O–H groups in total. The molecule has 0 fully saturated rings. The first-order valence-electron chi connectivity index (χ1n) is 5.97. The van der Waals surface area contributed by atoms with Crippen molar-refractivity contribution in [2.75, 3.05) is 13.7 Å². The third kappa shape index (κ3) is 5.00. The molecule has 1 aromatic carbocycles. The fourth-order valence-corrected chi connectivity index (χ4v) is 1.70. The van der Waals surface area contributed by atoms with Crippen LogP contribution in [0.3, 0.4) is 0 Å². The Hall–Kier alpha value is -1.35. The number of aliphatic hydroxyl groups is 1. The number of unbranched alkanes of at least 4 members (excludes halogenated alkanes) is 3. The third-order valence-corrected chi connectivity index (χ3v) is 2.64. The molecule has 0 aromatic heterocycles. The van der Waals surface area contributed by atoms with E-state index in [4.69, 9.17) is 5.11 Å². The lowest BCUT2D eigenvalue weighted by Crippen LogP contribution is -2.01. The van der Waals surface area contributed by atoms with Crippen molar-refractivity contribution < 1.29 is 14.6 Å². The van der Waals surface area contributed by atoms with Gasteiger partial charge in [-0.1, -0.05) is 18.9 Å². The molecule has 0 saturated carbocycles. The highest BCUT2D eigenvalue weighted by molar-refractivity contribution is 5.89. The van der Waals surface area contributed by atoms with Crippen molar-refractivity contribution in [1.82, 2.24) is 0 Å². The Morgan fingerprint density at radius 2 is 2.06 bits per heavy atom. The minimum Gasteiger partial charge on any atom is -0.465 e. The average molecular weight is 235 g/mol. The van der Waals surface area contributed by atoms with Crippen molar-refractivity contribution in [2.24, 2.45) is 0 Å². The minimum absolute atomic E-state index is 0.269. The lowest BCUT2D eigenvalue weighted by Gasteiger charge is -2.04. The Morgan fingerprint density at radius 1 is 1.29 bits per heavy atom. The van der Waals surface area contributed by atoms with Gasteiger partial charge in [0.2, 0.25) is 0 Å². The summed E-state index contributed by atoms with van der Waals surface area (Å²) in [7, 11) is 1.38. The van der Waals surface area contributed by atoms with E-state index in [0.29, 0.717) is 5.56 Å². The molecule has 0 aliphatic rings. The van der Waals surface area contributed by atoms with E-state index >= 15 is 0 Å². The second-order valence-electron chi connectivity index (χ2n) is 4.01. The van der Waals surface area contributed by atoms with E-state index in [9.17, 15) is 4.79 Å². The zero-order valence-electron chi connectivity index (χ0n) is 10.2. The number of carbonyl (C=O) groups is 1. The number of carbonyl (C=O) groups excluding carboxylic acids is 1. The lowest BCUT2D eigenvalue weighted by molar-refractivity contribution is 0.0600. The fraction of sp³-hybridized carbons (Fsp3) is 0.500. The third-order valence-electron chi connectivity index (χ3n) is 2.64. The van der Waals surface area contributed by atoms with Crippen LogP contribution in [-0.2, 0) is 11.2 Å². The molecule has 17 heavy (non-hydrogen) atoms. The van der Waals surface area contributed by atoms with Gasteiger partial charge in [0.25, 0.3) is 0 Å². The number of aliphatic hydroxyl groups excluding tert-OH is 1. The number of aryl methyl sites for hydroxylation is 1. The molecular weight excluding hydrogens is 216 g/mol. The number of ether oxygens (including phenoxy) is 1. The summed E-state index contributed by atoms with van der Waals surface area (Å²) in [6.07, 6.45) is 5.03. The van der Waals surface area contributed by atoms with Crippen LogP contribution in [0.4, 0.5) is 0 Å². The molecule has 3 nitrogen and oxygen atoms in total. The quantitative estimate of drug-likeness (QED) is 0.583. The monoisotopic (exact) mass is 235 g/mol. The maximum Gasteiger partial charge on any atom is 0.337 e. The van der Waals surface area contributed by atoms with Crippen molar-refractivity contribution in [2.45, 2.75) is 32.1 Å². The van der Waals surface area contributed by atoms with Gasteiger partial charge in [-0.3, -0.25) is 0 Å². The van der Waals surface area contributed by atoms with E-state index in [1.165, 1.54) is 7.11 Å². The number of hydrogen-bond acceptors (Lipinski definition) is 3. The summed E-state index contributed by atoms with van der Waals surface area (Å²) in [4.78, 5) is 11.3. The van der Waals surface area contributed by atoms with Crippen LogP contribution in [-0.4, -0.2) is 24.8 Å². The highest BCUT2D eigenvalue weighted by Crippen LogP contribution is 2.10. The van der Waals surface area contributed by atoms with E-state index in [2.05, 4.69) is 10.8 Å². The Bertz CT molecular complexity index is 347. The van der Waals surface area contributed by atoms with Crippen LogP contribution in [0.25, 0.3) is 0 Å². The number of methoxy groups -OCH3 is 1. The standard InChI is InChI=1S/C14H19O3/c1-17-14(16)13-9-6-8-12(11-13)7-4-2-3-5-10-15/h8-9,11,15H,2-5,7,10H2,1H3. The van der Waals surface area contributed by atoms with Crippen LogP contribution in [0.2, 0.25) is 0 Å². The van der Waals surface area contributed by atoms with Gasteiger partial charge in [0.1, 0.15) is 0 Å². The second kappa shape index (κ2) is 7.85. The Morgan fingerprint density at radius 3 is 2.76 bits per heavy atom. The molecule has 0 bridgehead atoms. The number of benzene rings is 1. The van der Waals surface area contributed by atoms with E-state index in [1.54, 1.807) is 6.07 Å². The molecule has 0 atom stereocenters. The Balaban J connectivity index is 2.40. The molecule has 0 aliphatic heterocycles. The topological polar surface area (TPSA) is 46.5 Å². The molecule has 1 rings (SSSR count). The molecule has 0 saturated heterocycles. The summed E-state index contributed by atoms with van der Waals surface area (Å²) in [5, 5.41) is 8.65.